The van der Waals surface area contributed by atoms with Gasteiger partial charge in [-0.2, -0.15) is 0 Å². The second-order valence-electron chi connectivity index (χ2n) is 3.93. The first-order valence-corrected chi connectivity index (χ1v) is 7.64. The highest BCUT2D eigenvalue weighted by Crippen LogP contribution is 2.24. The summed E-state index contributed by atoms with van der Waals surface area (Å²) in [5.74, 6) is -0.368. The van der Waals surface area contributed by atoms with Crippen LogP contribution in [0.4, 0.5) is 5.69 Å². The van der Waals surface area contributed by atoms with Gasteiger partial charge in [-0.3, -0.25) is 4.79 Å². The molecular weight excluding hydrogens is 317 g/mol. The number of hydrogen-bond acceptors (Lipinski definition) is 4. The Kier molecular flexibility index (Phi) is 4.86. The van der Waals surface area contributed by atoms with Gasteiger partial charge in [0, 0.05) is 16.9 Å². The van der Waals surface area contributed by atoms with Gasteiger partial charge < -0.3 is 5.32 Å². The van der Waals surface area contributed by atoms with E-state index in [0.29, 0.717) is 15.9 Å². The smallest absolute Gasteiger partial charge is 0.260 e. The summed E-state index contributed by atoms with van der Waals surface area (Å²) in [7, 11) is 0. The molecule has 0 saturated carbocycles. The normalized spacial score (nSPS) is 10.4. The third kappa shape index (κ3) is 3.23. The molecule has 0 bridgehead atoms. The lowest BCUT2D eigenvalue weighted by molar-refractivity contribution is 0.102. The van der Waals surface area contributed by atoms with Gasteiger partial charge in [-0.25, -0.2) is 9.97 Å². The van der Waals surface area contributed by atoms with Crippen LogP contribution in [0.1, 0.15) is 15.9 Å². The van der Waals surface area contributed by atoms with Crippen molar-refractivity contribution < 1.29 is 4.79 Å². The number of benzene rings is 1. The maximum atomic E-state index is 12.2. The summed E-state index contributed by atoms with van der Waals surface area (Å²) < 4.78 is 0. The molecule has 0 radical (unpaired) electrons. The molecule has 20 heavy (non-hydrogen) atoms. The fraction of sp³-hybridized carbons (Fsp3) is 0.154. The Labute approximate surface area is 130 Å². The highest BCUT2D eigenvalue weighted by Gasteiger charge is 2.14. The monoisotopic (exact) mass is 327 g/mol. The molecule has 0 aliphatic rings. The van der Waals surface area contributed by atoms with Crippen LogP contribution < -0.4 is 5.32 Å². The van der Waals surface area contributed by atoms with Crippen molar-refractivity contribution in [3.63, 3.8) is 0 Å². The minimum Gasteiger partial charge on any atom is -0.322 e. The quantitative estimate of drug-likeness (QED) is 0.524. The molecule has 7 heteroatoms. The molecule has 2 aromatic rings. The van der Waals surface area contributed by atoms with Gasteiger partial charge in [-0.15, -0.1) is 0 Å². The Bertz CT molecular complexity index is 664. The van der Waals surface area contributed by atoms with E-state index in [9.17, 15) is 4.79 Å². The Morgan fingerprint density at radius 1 is 1.35 bits per heavy atom. The number of amides is 1. The molecule has 0 aliphatic carbocycles. The van der Waals surface area contributed by atoms with Crippen molar-refractivity contribution in [3.05, 3.63) is 45.7 Å². The lowest BCUT2D eigenvalue weighted by Crippen LogP contribution is -2.14. The summed E-state index contributed by atoms with van der Waals surface area (Å²) in [6, 6.07) is 5.29. The Morgan fingerprint density at radius 3 is 2.75 bits per heavy atom. The van der Waals surface area contributed by atoms with Crippen molar-refractivity contribution in [2.45, 2.75) is 12.1 Å². The Balaban J connectivity index is 2.26. The van der Waals surface area contributed by atoms with E-state index in [4.69, 9.17) is 23.2 Å². The summed E-state index contributed by atoms with van der Waals surface area (Å²) in [4.78, 5) is 20.2. The van der Waals surface area contributed by atoms with Gasteiger partial charge in [0.1, 0.15) is 5.15 Å². The molecule has 1 aromatic carbocycles. The first-order chi connectivity index (χ1) is 9.52. The fourth-order valence-electron chi connectivity index (χ4n) is 1.53. The largest absolute Gasteiger partial charge is 0.322 e. The lowest BCUT2D eigenvalue weighted by atomic mass is 10.2. The zero-order valence-electron chi connectivity index (χ0n) is 10.8. The standard InChI is InChI=1S/C13H11Cl2N3OS/c1-7-9(14)4-3-5-10(7)17-12(19)8-6-16-13(20-2)18-11(8)15/h3-6H,1-2H3,(H,17,19). The number of hydrogen-bond donors (Lipinski definition) is 1. The van der Waals surface area contributed by atoms with Crippen LogP contribution in [-0.4, -0.2) is 22.1 Å². The predicted molar refractivity (Wildman–Crippen MR) is 83.0 cm³/mol. The van der Waals surface area contributed by atoms with Crippen LogP contribution in [0.15, 0.2) is 29.6 Å². The molecule has 0 fully saturated rings. The second kappa shape index (κ2) is 6.43. The van der Waals surface area contributed by atoms with Gasteiger partial charge in [0.25, 0.3) is 5.91 Å². The molecule has 1 amide bonds. The van der Waals surface area contributed by atoms with Crippen molar-refractivity contribution in [1.82, 2.24) is 9.97 Å². The minimum absolute atomic E-state index is 0.126. The third-order valence-electron chi connectivity index (χ3n) is 2.66. The van der Waals surface area contributed by atoms with Crippen molar-refractivity contribution in [1.29, 1.82) is 0 Å². The zero-order valence-corrected chi connectivity index (χ0v) is 13.1. The van der Waals surface area contributed by atoms with Crippen LogP contribution in [0.2, 0.25) is 10.2 Å². The Hall–Kier alpha value is -1.30. The number of thioether (sulfide) groups is 1. The minimum atomic E-state index is -0.368. The van der Waals surface area contributed by atoms with Crippen molar-refractivity contribution in [3.8, 4) is 0 Å². The number of carbonyl (C=O) groups is 1. The van der Waals surface area contributed by atoms with Crippen LogP contribution in [0, 0.1) is 6.92 Å². The summed E-state index contributed by atoms with van der Waals surface area (Å²) in [5.41, 5.74) is 1.65. The summed E-state index contributed by atoms with van der Waals surface area (Å²) in [6.45, 7) is 1.83. The van der Waals surface area contributed by atoms with Crippen LogP contribution in [0.5, 0.6) is 0 Å². The number of rotatable bonds is 3. The van der Waals surface area contributed by atoms with Crippen LogP contribution in [0.3, 0.4) is 0 Å². The predicted octanol–water partition coefficient (Wildman–Crippen LogP) is 4.07. The molecule has 0 atom stereocenters. The van der Waals surface area contributed by atoms with E-state index in [1.807, 2.05) is 13.2 Å². The molecule has 1 heterocycles. The highest BCUT2D eigenvalue weighted by molar-refractivity contribution is 7.98. The SMILES string of the molecule is CSc1ncc(C(=O)Nc2cccc(Cl)c2C)c(Cl)n1. The molecule has 0 spiro atoms. The van der Waals surface area contributed by atoms with Gasteiger partial charge in [0.05, 0.1) is 5.56 Å². The van der Waals surface area contributed by atoms with Crippen molar-refractivity contribution >= 4 is 46.6 Å². The number of nitrogens with one attached hydrogen (secondary N) is 1. The fourth-order valence-corrected chi connectivity index (χ4v) is 2.31. The van der Waals surface area contributed by atoms with Crippen molar-refractivity contribution in [2.75, 3.05) is 11.6 Å². The van der Waals surface area contributed by atoms with Crippen molar-refractivity contribution in [2.24, 2.45) is 0 Å². The maximum absolute atomic E-state index is 12.2. The summed E-state index contributed by atoms with van der Waals surface area (Å²) >= 11 is 13.4. The average molecular weight is 328 g/mol. The molecule has 104 valence electrons. The van der Waals surface area contributed by atoms with E-state index < -0.39 is 0 Å². The third-order valence-corrected chi connectivity index (χ3v) is 3.92. The van der Waals surface area contributed by atoms with E-state index >= 15 is 0 Å². The van der Waals surface area contributed by atoms with Gasteiger partial charge in [0.2, 0.25) is 0 Å². The van der Waals surface area contributed by atoms with E-state index in [2.05, 4.69) is 15.3 Å². The lowest BCUT2D eigenvalue weighted by Gasteiger charge is -2.10. The number of carbonyl (C=O) groups excluding carboxylic acids is 1. The molecule has 1 N–H and O–H groups in total. The van der Waals surface area contributed by atoms with Gasteiger partial charge in [-0.1, -0.05) is 41.0 Å². The molecule has 0 unspecified atom stereocenters. The number of halogens is 2. The molecule has 4 nitrogen and oxygen atoms in total. The van der Waals surface area contributed by atoms with E-state index in [-0.39, 0.29) is 16.6 Å². The maximum Gasteiger partial charge on any atom is 0.260 e. The molecule has 1 aromatic heterocycles. The first kappa shape index (κ1) is 15.1. The number of anilines is 1. The zero-order chi connectivity index (χ0) is 14.7. The molecular formula is C13H11Cl2N3OS. The van der Waals surface area contributed by atoms with Gasteiger partial charge >= 0.3 is 0 Å². The summed E-state index contributed by atoms with van der Waals surface area (Å²) in [5, 5.41) is 3.98. The molecule has 2 rings (SSSR count). The van der Waals surface area contributed by atoms with Gasteiger partial charge in [-0.05, 0) is 30.9 Å². The van der Waals surface area contributed by atoms with E-state index in [0.717, 1.165) is 5.56 Å². The number of aromatic nitrogens is 2. The highest BCUT2D eigenvalue weighted by atomic mass is 35.5. The second-order valence-corrected chi connectivity index (χ2v) is 5.47. The van der Waals surface area contributed by atoms with E-state index in [1.165, 1.54) is 18.0 Å². The van der Waals surface area contributed by atoms with E-state index in [1.54, 1.807) is 18.2 Å². The van der Waals surface area contributed by atoms with Crippen LogP contribution >= 0.6 is 35.0 Å². The first-order valence-electron chi connectivity index (χ1n) is 5.66. The molecule has 0 saturated heterocycles. The average Bonchev–Trinajstić information content (AvgIpc) is 2.43. The van der Waals surface area contributed by atoms with Gasteiger partial charge in [0.15, 0.2) is 5.16 Å². The van der Waals surface area contributed by atoms with Crippen LogP contribution in [-0.2, 0) is 0 Å². The van der Waals surface area contributed by atoms with Crippen LogP contribution in [0.25, 0.3) is 0 Å². The Morgan fingerprint density at radius 2 is 2.10 bits per heavy atom. The number of nitrogens with zero attached hydrogens (tertiary/aromatic N) is 2. The topological polar surface area (TPSA) is 54.9 Å². The molecule has 0 aliphatic heterocycles. The summed E-state index contributed by atoms with van der Waals surface area (Å²) in [6.07, 6.45) is 3.25.